The van der Waals surface area contributed by atoms with Crippen molar-refractivity contribution in [3.8, 4) is 0 Å². The maximum atomic E-state index is 12.4. The van der Waals surface area contributed by atoms with Crippen LogP contribution in [0.4, 0.5) is 5.69 Å². The molecule has 0 unspecified atom stereocenters. The number of rotatable bonds is 6. The molecule has 144 valence electrons. The van der Waals surface area contributed by atoms with Crippen molar-refractivity contribution in [3.05, 3.63) is 29.8 Å². The lowest BCUT2D eigenvalue weighted by molar-refractivity contribution is -0.120. The zero-order valence-corrected chi connectivity index (χ0v) is 16.0. The molecule has 1 aliphatic rings. The van der Waals surface area contributed by atoms with E-state index < -0.39 is 16.0 Å². The lowest BCUT2D eigenvalue weighted by atomic mass is 10.1. The Morgan fingerprint density at radius 1 is 1.19 bits per heavy atom. The van der Waals surface area contributed by atoms with E-state index in [-0.39, 0.29) is 29.7 Å². The van der Waals surface area contributed by atoms with Gasteiger partial charge in [-0.3, -0.25) is 9.10 Å². The summed E-state index contributed by atoms with van der Waals surface area (Å²) in [5, 5.41) is 2.94. The van der Waals surface area contributed by atoms with Crippen molar-refractivity contribution >= 4 is 27.6 Å². The molecule has 1 aliphatic carbocycles. The molecule has 0 spiro atoms. The Morgan fingerprint density at radius 2 is 1.85 bits per heavy atom. The van der Waals surface area contributed by atoms with Crippen LogP contribution >= 0.6 is 0 Å². The second-order valence-electron chi connectivity index (χ2n) is 6.57. The molecule has 2 rings (SSSR count). The van der Waals surface area contributed by atoms with Crippen LogP contribution in [0.3, 0.4) is 0 Å². The van der Waals surface area contributed by atoms with E-state index in [2.05, 4.69) is 10.1 Å². The highest BCUT2D eigenvalue weighted by molar-refractivity contribution is 7.92. The summed E-state index contributed by atoms with van der Waals surface area (Å²) in [7, 11) is -2.44. The minimum absolute atomic E-state index is 0.0906. The molecule has 1 fully saturated rings. The first kappa shape index (κ1) is 20.2. The van der Waals surface area contributed by atoms with Gasteiger partial charge in [-0.05, 0) is 31.0 Å². The Morgan fingerprint density at radius 3 is 2.42 bits per heavy atom. The summed E-state index contributed by atoms with van der Waals surface area (Å²) in [6.07, 6.45) is 7.36. The first-order valence-electron chi connectivity index (χ1n) is 8.76. The zero-order chi connectivity index (χ0) is 19.2. The monoisotopic (exact) mass is 382 g/mol. The van der Waals surface area contributed by atoms with Crippen LogP contribution in [0.1, 0.15) is 48.9 Å². The number of nitrogens with one attached hydrogen (secondary N) is 1. The number of benzene rings is 1. The highest BCUT2D eigenvalue weighted by Crippen LogP contribution is 2.20. The van der Waals surface area contributed by atoms with Crippen molar-refractivity contribution in [2.24, 2.45) is 0 Å². The number of esters is 1. The average Bonchev–Trinajstić information content (AvgIpc) is 2.86. The summed E-state index contributed by atoms with van der Waals surface area (Å²) in [5.41, 5.74) is 0.481. The number of carbonyl (C=O) groups is 2. The van der Waals surface area contributed by atoms with Gasteiger partial charge in [0.15, 0.2) is 0 Å². The molecule has 1 N–H and O–H groups in total. The lowest BCUT2D eigenvalue weighted by Gasteiger charge is -2.24. The van der Waals surface area contributed by atoms with Crippen molar-refractivity contribution < 1.29 is 22.7 Å². The predicted octanol–water partition coefficient (Wildman–Crippen LogP) is 2.08. The first-order valence-corrected chi connectivity index (χ1v) is 10.6. The number of hydrogen-bond acceptors (Lipinski definition) is 5. The van der Waals surface area contributed by atoms with E-state index >= 15 is 0 Å². The van der Waals surface area contributed by atoms with Crippen molar-refractivity contribution in [2.45, 2.75) is 44.6 Å². The van der Waals surface area contributed by atoms with Crippen LogP contribution in [-0.4, -0.2) is 46.2 Å². The summed E-state index contributed by atoms with van der Waals surface area (Å²) in [5.74, 6) is -0.908. The van der Waals surface area contributed by atoms with E-state index in [1.54, 1.807) is 12.1 Å². The van der Waals surface area contributed by atoms with Crippen molar-refractivity contribution in [1.29, 1.82) is 0 Å². The number of anilines is 1. The standard InChI is InChI=1S/C18H26N2O5S/c1-25-18(22)14-8-7-11-16(12-14)20(26(2,23)24)13-17(21)19-15-9-5-3-4-6-10-15/h7-8,11-12,15H,3-6,9-10,13H2,1-2H3,(H,19,21). The van der Waals surface area contributed by atoms with Crippen LogP contribution in [0.5, 0.6) is 0 Å². The lowest BCUT2D eigenvalue weighted by Crippen LogP contribution is -2.44. The van der Waals surface area contributed by atoms with E-state index in [4.69, 9.17) is 0 Å². The number of ether oxygens (including phenoxy) is 1. The molecule has 7 nitrogen and oxygen atoms in total. The third-order valence-electron chi connectivity index (χ3n) is 4.46. The first-order chi connectivity index (χ1) is 12.3. The van der Waals surface area contributed by atoms with Crippen molar-refractivity contribution in [2.75, 3.05) is 24.2 Å². The van der Waals surface area contributed by atoms with Crippen molar-refractivity contribution in [3.63, 3.8) is 0 Å². The molecule has 0 aromatic heterocycles. The molecular weight excluding hydrogens is 356 g/mol. The number of nitrogens with zero attached hydrogens (tertiary/aromatic N) is 1. The Bertz CT molecular complexity index is 740. The molecule has 26 heavy (non-hydrogen) atoms. The maximum Gasteiger partial charge on any atom is 0.337 e. The van der Waals surface area contributed by atoms with Gasteiger partial charge in [0.1, 0.15) is 6.54 Å². The smallest absolute Gasteiger partial charge is 0.337 e. The Kier molecular flexibility index (Phi) is 7.02. The number of hydrogen-bond donors (Lipinski definition) is 1. The van der Waals surface area contributed by atoms with Gasteiger partial charge in [-0.25, -0.2) is 13.2 Å². The third-order valence-corrected chi connectivity index (χ3v) is 5.60. The molecule has 8 heteroatoms. The molecule has 0 saturated heterocycles. The van der Waals surface area contributed by atoms with Gasteiger partial charge in [0.2, 0.25) is 15.9 Å². The Labute approximate surface area is 154 Å². The summed E-state index contributed by atoms with van der Waals surface area (Å²) < 4.78 is 30.1. The summed E-state index contributed by atoms with van der Waals surface area (Å²) in [6.45, 7) is -0.319. The molecule has 1 saturated carbocycles. The minimum Gasteiger partial charge on any atom is -0.465 e. The van der Waals surface area contributed by atoms with Crippen LogP contribution in [0.15, 0.2) is 24.3 Å². The van der Waals surface area contributed by atoms with Gasteiger partial charge < -0.3 is 10.1 Å². The largest absolute Gasteiger partial charge is 0.465 e. The SMILES string of the molecule is COC(=O)c1cccc(N(CC(=O)NC2CCCCCC2)S(C)(=O)=O)c1. The molecule has 0 radical (unpaired) electrons. The number of methoxy groups -OCH3 is 1. The van der Waals surface area contributed by atoms with Gasteiger partial charge in [-0.1, -0.05) is 31.7 Å². The molecule has 0 bridgehead atoms. The normalized spacial score (nSPS) is 15.8. The molecular formula is C18H26N2O5S. The third kappa shape index (κ3) is 5.72. The van der Waals surface area contributed by atoms with E-state index in [1.807, 2.05) is 0 Å². The average molecular weight is 382 g/mol. The fraction of sp³-hybridized carbons (Fsp3) is 0.556. The zero-order valence-electron chi connectivity index (χ0n) is 15.2. The van der Waals surface area contributed by atoms with Gasteiger partial charge in [-0.15, -0.1) is 0 Å². The second kappa shape index (κ2) is 9.02. The summed E-state index contributed by atoms with van der Waals surface area (Å²) in [6, 6.07) is 6.13. The number of sulfonamides is 1. The Balaban J connectivity index is 2.15. The van der Waals surface area contributed by atoms with E-state index in [1.165, 1.54) is 32.1 Å². The highest BCUT2D eigenvalue weighted by atomic mass is 32.2. The fourth-order valence-electron chi connectivity index (χ4n) is 3.13. The second-order valence-corrected chi connectivity index (χ2v) is 8.47. The van der Waals surface area contributed by atoms with Gasteiger partial charge in [0, 0.05) is 6.04 Å². The minimum atomic E-state index is -3.69. The van der Waals surface area contributed by atoms with E-state index in [9.17, 15) is 18.0 Å². The molecule has 1 aromatic carbocycles. The highest BCUT2D eigenvalue weighted by Gasteiger charge is 2.23. The quantitative estimate of drug-likeness (QED) is 0.601. The fourth-order valence-corrected chi connectivity index (χ4v) is 3.98. The van der Waals surface area contributed by atoms with Crippen LogP contribution in [-0.2, 0) is 19.6 Å². The van der Waals surface area contributed by atoms with Gasteiger partial charge in [0.05, 0.1) is 24.6 Å². The molecule has 1 aromatic rings. The van der Waals surface area contributed by atoms with E-state index in [0.29, 0.717) is 0 Å². The van der Waals surface area contributed by atoms with Crippen LogP contribution in [0.2, 0.25) is 0 Å². The van der Waals surface area contributed by atoms with Gasteiger partial charge in [-0.2, -0.15) is 0 Å². The van der Waals surface area contributed by atoms with Crippen LogP contribution < -0.4 is 9.62 Å². The topological polar surface area (TPSA) is 92.8 Å². The van der Waals surface area contributed by atoms with Gasteiger partial charge >= 0.3 is 5.97 Å². The molecule has 0 heterocycles. The number of amides is 1. The van der Waals surface area contributed by atoms with Crippen LogP contribution in [0, 0.1) is 0 Å². The van der Waals surface area contributed by atoms with Crippen LogP contribution in [0.25, 0.3) is 0 Å². The van der Waals surface area contributed by atoms with E-state index in [0.717, 1.165) is 36.2 Å². The van der Waals surface area contributed by atoms with Gasteiger partial charge in [0.25, 0.3) is 0 Å². The Hall–Kier alpha value is -2.09. The summed E-state index contributed by atoms with van der Waals surface area (Å²) in [4.78, 5) is 24.1. The summed E-state index contributed by atoms with van der Waals surface area (Å²) >= 11 is 0. The molecule has 0 aliphatic heterocycles. The molecule has 1 amide bonds. The molecule has 0 atom stereocenters. The predicted molar refractivity (Wildman–Crippen MR) is 99.6 cm³/mol. The maximum absolute atomic E-state index is 12.4. The number of carbonyl (C=O) groups excluding carboxylic acids is 2. The van der Waals surface area contributed by atoms with Crippen molar-refractivity contribution in [1.82, 2.24) is 5.32 Å².